The summed E-state index contributed by atoms with van der Waals surface area (Å²) in [6, 6.07) is 7.61. The van der Waals surface area contributed by atoms with Crippen LogP contribution in [0, 0.1) is 0 Å². The van der Waals surface area contributed by atoms with Crippen molar-refractivity contribution in [3.63, 3.8) is 0 Å². The van der Waals surface area contributed by atoms with Gasteiger partial charge >= 0.3 is 21.3 Å². The Morgan fingerprint density at radius 2 is 1.83 bits per heavy atom. The van der Waals surface area contributed by atoms with Gasteiger partial charge in [-0.2, -0.15) is 17.2 Å². The molecule has 0 saturated carbocycles. The van der Waals surface area contributed by atoms with E-state index < -0.39 is 34.4 Å². The molecule has 1 rings (SSSR count). The quantitative estimate of drug-likeness (QED) is 0.656. The lowest BCUT2D eigenvalue weighted by Crippen LogP contribution is -2.30. The number of hydrogen-bond donors (Lipinski definition) is 1. The maximum atomic E-state index is 12.8. The lowest BCUT2D eigenvalue weighted by molar-refractivity contribution is 0.0242. The molecule has 0 bridgehead atoms. The molecule has 8 heteroatoms. The summed E-state index contributed by atoms with van der Waals surface area (Å²) in [5.41, 5.74) is 0.160. The number of ether oxygens (including phenoxy) is 1. The molecule has 0 aliphatic carbocycles. The molecule has 0 spiro atoms. The second-order valence-electron chi connectivity index (χ2n) is 3.36. The van der Waals surface area contributed by atoms with Gasteiger partial charge in [0, 0.05) is 0 Å². The molecule has 0 unspecified atom stereocenters. The van der Waals surface area contributed by atoms with Crippen LogP contribution in [0.2, 0.25) is 0 Å². The zero-order valence-corrected chi connectivity index (χ0v) is 9.86. The monoisotopic (exact) mass is 280 g/mol. The van der Waals surface area contributed by atoms with Crippen LogP contribution < -0.4 is 0 Å². The highest BCUT2D eigenvalue weighted by Crippen LogP contribution is 2.24. The van der Waals surface area contributed by atoms with Crippen LogP contribution in [0.5, 0.6) is 0 Å². The fourth-order valence-electron chi connectivity index (χ4n) is 1.05. The third-order valence-electron chi connectivity index (χ3n) is 2.01. The molecule has 0 radical (unpaired) electrons. The van der Waals surface area contributed by atoms with E-state index in [0.717, 1.165) is 0 Å². The van der Waals surface area contributed by atoms with E-state index in [9.17, 15) is 22.0 Å². The van der Waals surface area contributed by atoms with E-state index in [1.54, 1.807) is 18.2 Å². The molecule has 18 heavy (non-hydrogen) atoms. The maximum Gasteiger partial charge on any atom is 0.373 e. The predicted octanol–water partition coefficient (Wildman–Crippen LogP) is 1.71. The van der Waals surface area contributed by atoms with E-state index in [1.165, 1.54) is 12.1 Å². The first kappa shape index (κ1) is 14.5. The predicted molar refractivity (Wildman–Crippen MR) is 57.8 cm³/mol. The Labute approximate surface area is 102 Å². The number of rotatable bonds is 5. The first-order valence-electron chi connectivity index (χ1n) is 4.81. The molecule has 0 aliphatic rings. The number of esters is 1. The summed E-state index contributed by atoms with van der Waals surface area (Å²) < 4.78 is 58.7. The van der Waals surface area contributed by atoms with Gasteiger partial charge in [0.05, 0.1) is 18.6 Å². The zero-order chi connectivity index (χ0) is 13.8. The van der Waals surface area contributed by atoms with E-state index in [1.807, 2.05) is 0 Å². The van der Waals surface area contributed by atoms with Crippen molar-refractivity contribution in [3.05, 3.63) is 35.9 Å². The van der Waals surface area contributed by atoms with Gasteiger partial charge in [0.15, 0.2) is 0 Å². The van der Waals surface area contributed by atoms with E-state index in [-0.39, 0.29) is 5.56 Å². The first-order chi connectivity index (χ1) is 8.24. The van der Waals surface area contributed by atoms with Gasteiger partial charge in [-0.05, 0) is 12.1 Å². The molecular formula is C10H10F2O5S. The first-order valence-corrected chi connectivity index (χ1v) is 6.25. The number of halogens is 2. The number of carbonyl (C=O) groups is 1. The molecule has 0 amide bonds. The van der Waals surface area contributed by atoms with Gasteiger partial charge in [-0.3, -0.25) is 4.55 Å². The van der Waals surface area contributed by atoms with Crippen molar-refractivity contribution < 1.29 is 31.3 Å². The minimum absolute atomic E-state index is 0.160. The van der Waals surface area contributed by atoms with E-state index in [4.69, 9.17) is 4.55 Å². The third-order valence-corrected chi connectivity index (χ3v) is 2.97. The van der Waals surface area contributed by atoms with Crippen LogP contribution >= 0.6 is 0 Å². The fourth-order valence-corrected chi connectivity index (χ4v) is 1.39. The highest BCUT2D eigenvalue weighted by Gasteiger charge is 2.43. The smallest absolute Gasteiger partial charge is 0.373 e. The number of carbonyl (C=O) groups excluding carboxylic acids is 1. The van der Waals surface area contributed by atoms with Crippen LogP contribution in [0.15, 0.2) is 30.3 Å². The molecule has 0 aliphatic heterocycles. The second-order valence-corrected chi connectivity index (χ2v) is 4.91. The maximum absolute atomic E-state index is 12.8. The Hall–Kier alpha value is -1.54. The molecule has 1 aromatic carbocycles. The topological polar surface area (TPSA) is 80.7 Å². The van der Waals surface area contributed by atoms with Crippen LogP contribution in [0.1, 0.15) is 16.8 Å². The minimum atomic E-state index is -5.49. The molecule has 1 N–H and O–H groups in total. The summed E-state index contributed by atoms with van der Waals surface area (Å²) in [4.78, 5) is 11.3. The Morgan fingerprint density at radius 1 is 1.28 bits per heavy atom. The van der Waals surface area contributed by atoms with Crippen LogP contribution in [0.25, 0.3) is 0 Å². The van der Waals surface area contributed by atoms with Crippen molar-refractivity contribution in [2.45, 2.75) is 11.7 Å². The molecule has 0 fully saturated rings. The van der Waals surface area contributed by atoms with Gasteiger partial charge in [-0.15, -0.1) is 0 Å². The Bertz CT molecular complexity index is 512. The fraction of sp³-hybridized carbons (Fsp3) is 0.300. The Morgan fingerprint density at radius 3 is 2.33 bits per heavy atom. The SMILES string of the molecule is O=C(OCCC(F)(F)S(=O)(=O)O)c1ccccc1. The van der Waals surface area contributed by atoms with Crippen molar-refractivity contribution in [2.24, 2.45) is 0 Å². The number of benzene rings is 1. The van der Waals surface area contributed by atoms with Gasteiger partial charge in [-0.1, -0.05) is 18.2 Å². The second kappa shape index (κ2) is 5.40. The number of alkyl halides is 2. The summed E-state index contributed by atoms with van der Waals surface area (Å²) in [5, 5.41) is -4.33. The molecular weight excluding hydrogens is 270 g/mol. The van der Waals surface area contributed by atoms with Gasteiger partial charge in [0.25, 0.3) is 0 Å². The van der Waals surface area contributed by atoms with Crippen molar-refractivity contribution in [1.29, 1.82) is 0 Å². The van der Waals surface area contributed by atoms with Gasteiger partial charge in [0.1, 0.15) is 0 Å². The van der Waals surface area contributed by atoms with Gasteiger partial charge in [0.2, 0.25) is 0 Å². The van der Waals surface area contributed by atoms with E-state index in [0.29, 0.717) is 0 Å². The van der Waals surface area contributed by atoms with Crippen molar-refractivity contribution in [2.75, 3.05) is 6.61 Å². The average Bonchev–Trinajstić information content (AvgIpc) is 2.28. The van der Waals surface area contributed by atoms with Crippen molar-refractivity contribution >= 4 is 16.1 Å². The minimum Gasteiger partial charge on any atom is -0.462 e. The molecule has 1 aromatic rings. The normalized spacial score (nSPS) is 12.2. The molecule has 5 nitrogen and oxygen atoms in total. The molecule has 0 saturated heterocycles. The highest BCUT2D eigenvalue weighted by atomic mass is 32.2. The summed E-state index contributed by atoms with van der Waals surface area (Å²) in [7, 11) is -5.49. The Kier molecular flexibility index (Phi) is 4.36. The summed E-state index contributed by atoms with van der Waals surface area (Å²) in [5.74, 6) is -0.846. The summed E-state index contributed by atoms with van der Waals surface area (Å²) in [6.45, 7) is -0.819. The number of hydrogen-bond acceptors (Lipinski definition) is 4. The van der Waals surface area contributed by atoms with Crippen molar-refractivity contribution in [1.82, 2.24) is 0 Å². The van der Waals surface area contributed by atoms with Crippen LogP contribution in [0.4, 0.5) is 8.78 Å². The van der Waals surface area contributed by atoms with Gasteiger partial charge < -0.3 is 4.74 Å². The van der Waals surface area contributed by atoms with Crippen LogP contribution in [-0.4, -0.2) is 30.8 Å². The molecule has 0 heterocycles. The van der Waals surface area contributed by atoms with Crippen molar-refractivity contribution in [3.8, 4) is 0 Å². The summed E-state index contributed by atoms with van der Waals surface area (Å²) in [6.07, 6.45) is -1.30. The standard InChI is InChI=1S/C10H10F2O5S/c11-10(12,18(14,15)16)6-7-17-9(13)8-4-2-1-3-5-8/h1-5H,6-7H2,(H,14,15,16). The van der Waals surface area contributed by atoms with Gasteiger partial charge in [-0.25, -0.2) is 4.79 Å². The molecule has 0 aromatic heterocycles. The zero-order valence-electron chi connectivity index (χ0n) is 9.05. The Balaban J connectivity index is 2.51. The largest absolute Gasteiger partial charge is 0.462 e. The van der Waals surface area contributed by atoms with E-state index in [2.05, 4.69) is 4.74 Å². The highest BCUT2D eigenvalue weighted by molar-refractivity contribution is 7.86. The van der Waals surface area contributed by atoms with Crippen LogP contribution in [-0.2, 0) is 14.9 Å². The molecule has 100 valence electrons. The molecule has 0 atom stereocenters. The van der Waals surface area contributed by atoms with E-state index >= 15 is 0 Å². The lowest BCUT2D eigenvalue weighted by atomic mass is 10.2. The van der Waals surface area contributed by atoms with Crippen LogP contribution in [0.3, 0.4) is 0 Å². The third kappa shape index (κ3) is 3.74. The average molecular weight is 280 g/mol. The summed E-state index contributed by atoms with van der Waals surface area (Å²) >= 11 is 0. The lowest BCUT2D eigenvalue weighted by Gasteiger charge is -2.12.